The average molecular weight is 206 g/mol. The van der Waals surface area contributed by atoms with Crippen LogP contribution in [0.1, 0.15) is 41.5 Å². The van der Waals surface area contributed by atoms with Gasteiger partial charge in [0, 0.05) is 6.04 Å². The third kappa shape index (κ3) is 2.33. The number of aromatic carboxylic acids is 1. The summed E-state index contributed by atoms with van der Waals surface area (Å²) >= 11 is 0. The van der Waals surface area contributed by atoms with Crippen LogP contribution in [0.5, 0.6) is 0 Å². The van der Waals surface area contributed by atoms with E-state index in [4.69, 9.17) is 5.11 Å². The summed E-state index contributed by atoms with van der Waals surface area (Å²) in [7, 11) is 0. The van der Waals surface area contributed by atoms with E-state index in [0.29, 0.717) is 0 Å². The van der Waals surface area contributed by atoms with Crippen molar-refractivity contribution in [2.24, 2.45) is 0 Å². The molecule has 0 spiro atoms. The number of hydrogen-bond acceptors (Lipinski definition) is 3. The van der Waals surface area contributed by atoms with Crippen molar-refractivity contribution < 1.29 is 9.90 Å². The number of carboxylic acid groups (broad SMARTS) is 1. The van der Waals surface area contributed by atoms with E-state index in [2.05, 4.69) is 10.3 Å². The predicted molar refractivity (Wildman–Crippen MR) is 55.8 cm³/mol. The normalized spacial score (nSPS) is 21.2. The molecule has 0 unspecified atom stereocenters. The Morgan fingerprint density at radius 1 is 1.47 bits per heavy atom. The van der Waals surface area contributed by atoms with Crippen molar-refractivity contribution in [1.82, 2.24) is 10.3 Å². The molecule has 1 saturated heterocycles. The van der Waals surface area contributed by atoms with Crippen LogP contribution < -0.4 is 5.32 Å². The largest absolute Gasteiger partial charge is 0.477 e. The van der Waals surface area contributed by atoms with Gasteiger partial charge in [-0.05, 0) is 31.5 Å². The van der Waals surface area contributed by atoms with E-state index in [9.17, 15) is 4.79 Å². The topological polar surface area (TPSA) is 62.2 Å². The first kappa shape index (κ1) is 10.1. The van der Waals surface area contributed by atoms with Gasteiger partial charge in [0.2, 0.25) is 0 Å². The summed E-state index contributed by atoms with van der Waals surface area (Å²) in [4.78, 5) is 14.9. The number of carbonyl (C=O) groups is 1. The molecule has 1 aliphatic rings. The van der Waals surface area contributed by atoms with E-state index in [1.807, 2.05) is 6.07 Å². The second kappa shape index (κ2) is 4.40. The van der Waals surface area contributed by atoms with Gasteiger partial charge in [-0.1, -0.05) is 12.5 Å². The number of nitrogens with zero attached hydrogens (tertiary/aromatic N) is 1. The Kier molecular flexibility index (Phi) is 2.97. The zero-order chi connectivity index (χ0) is 10.7. The Morgan fingerprint density at radius 3 is 3.00 bits per heavy atom. The molecule has 4 heteroatoms. The lowest BCUT2D eigenvalue weighted by molar-refractivity contribution is 0.0690. The molecule has 0 saturated carbocycles. The van der Waals surface area contributed by atoms with Gasteiger partial charge in [0.25, 0.3) is 0 Å². The van der Waals surface area contributed by atoms with Crippen LogP contribution in [-0.4, -0.2) is 22.6 Å². The van der Waals surface area contributed by atoms with E-state index in [1.165, 1.54) is 18.9 Å². The van der Waals surface area contributed by atoms with Crippen LogP contribution in [0.2, 0.25) is 0 Å². The predicted octanol–water partition coefficient (Wildman–Crippen LogP) is 1.59. The molecule has 1 atom stereocenters. The summed E-state index contributed by atoms with van der Waals surface area (Å²) in [6.45, 7) is 0.990. The lowest BCUT2D eigenvalue weighted by Crippen LogP contribution is -2.27. The molecule has 0 bridgehead atoms. The molecule has 2 heterocycles. The zero-order valence-corrected chi connectivity index (χ0v) is 8.44. The second-order valence-corrected chi connectivity index (χ2v) is 3.76. The van der Waals surface area contributed by atoms with Crippen molar-refractivity contribution in [3.05, 3.63) is 29.6 Å². The summed E-state index contributed by atoms with van der Waals surface area (Å²) in [5.74, 6) is -0.965. The van der Waals surface area contributed by atoms with Crippen molar-refractivity contribution in [2.75, 3.05) is 6.54 Å². The summed E-state index contributed by atoms with van der Waals surface area (Å²) in [6.07, 6.45) is 3.40. The molecule has 2 N–H and O–H groups in total. The number of aromatic nitrogens is 1. The lowest BCUT2D eigenvalue weighted by atomic mass is 10.0. The summed E-state index contributed by atoms with van der Waals surface area (Å²) in [5.41, 5.74) is 0.967. The summed E-state index contributed by atoms with van der Waals surface area (Å²) in [5, 5.41) is 12.2. The minimum Gasteiger partial charge on any atom is -0.477 e. The van der Waals surface area contributed by atoms with Crippen molar-refractivity contribution in [3.63, 3.8) is 0 Å². The number of nitrogens with one attached hydrogen (secondary N) is 1. The smallest absolute Gasteiger partial charge is 0.354 e. The molecule has 0 aromatic carbocycles. The van der Waals surface area contributed by atoms with Gasteiger partial charge in [-0.3, -0.25) is 0 Å². The quantitative estimate of drug-likeness (QED) is 0.771. The van der Waals surface area contributed by atoms with Gasteiger partial charge in [0.15, 0.2) is 0 Å². The van der Waals surface area contributed by atoms with Crippen LogP contribution in [0.25, 0.3) is 0 Å². The van der Waals surface area contributed by atoms with Crippen LogP contribution in [0, 0.1) is 0 Å². The average Bonchev–Trinajstić information content (AvgIpc) is 2.30. The molecule has 80 valence electrons. The maximum absolute atomic E-state index is 10.8. The molecule has 0 amide bonds. The third-order valence-corrected chi connectivity index (χ3v) is 2.66. The van der Waals surface area contributed by atoms with E-state index in [0.717, 1.165) is 18.7 Å². The van der Waals surface area contributed by atoms with E-state index >= 15 is 0 Å². The molecule has 0 radical (unpaired) electrons. The van der Waals surface area contributed by atoms with Gasteiger partial charge < -0.3 is 10.4 Å². The second-order valence-electron chi connectivity index (χ2n) is 3.76. The lowest BCUT2D eigenvalue weighted by Gasteiger charge is -2.22. The monoisotopic (exact) mass is 206 g/mol. The zero-order valence-electron chi connectivity index (χ0n) is 8.44. The van der Waals surface area contributed by atoms with Crippen LogP contribution in [-0.2, 0) is 0 Å². The van der Waals surface area contributed by atoms with Crippen LogP contribution in [0.3, 0.4) is 0 Å². The first-order chi connectivity index (χ1) is 7.27. The molecule has 1 aromatic heterocycles. The highest BCUT2D eigenvalue weighted by Gasteiger charge is 2.16. The van der Waals surface area contributed by atoms with Gasteiger partial charge in [-0.2, -0.15) is 0 Å². The Labute approximate surface area is 88.3 Å². The minimum atomic E-state index is -0.965. The number of hydrogen-bond donors (Lipinski definition) is 2. The van der Waals surface area contributed by atoms with Crippen LogP contribution in [0.4, 0.5) is 0 Å². The van der Waals surface area contributed by atoms with Crippen molar-refractivity contribution in [3.8, 4) is 0 Å². The molecular formula is C11H14N2O2. The molecule has 4 nitrogen and oxygen atoms in total. The van der Waals surface area contributed by atoms with Gasteiger partial charge in [-0.15, -0.1) is 0 Å². The highest BCUT2D eigenvalue weighted by atomic mass is 16.4. The van der Waals surface area contributed by atoms with Crippen LogP contribution in [0.15, 0.2) is 18.2 Å². The maximum Gasteiger partial charge on any atom is 0.354 e. The molecule has 1 aliphatic heterocycles. The Bertz CT molecular complexity index is 359. The van der Waals surface area contributed by atoms with Crippen LogP contribution >= 0.6 is 0 Å². The van der Waals surface area contributed by atoms with Crippen molar-refractivity contribution >= 4 is 5.97 Å². The van der Waals surface area contributed by atoms with Crippen molar-refractivity contribution in [1.29, 1.82) is 0 Å². The first-order valence-corrected chi connectivity index (χ1v) is 5.21. The Balaban J connectivity index is 2.19. The van der Waals surface area contributed by atoms with E-state index in [1.54, 1.807) is 6.07 Å². The number of piperidine rings is 1. The van der Waals surface area contributed by atoms with Gasteiger partial charge in [0.05, 0.1) is 5.69 Å². The van der Waals surface area contributed by atoms with E-state index < -0.39 is 5.97 Å². The van der Waals surface area contributed by atoms with Gasteiger partial charge >= 0.3 is 5.97 Å². The number of rotatable bonds is 2. The highest BCUT2D eigenvalue weighted by Crippen LogP contribution is 2.21. The first-order valence-electron chi connectivity index (χ1n) is 5.21. The molecule has 1 fully saturated rings. The summed E-state index contributed by atoms with van der Waals surface area (Å²) < 4.78 is 0. The standard InChI is InChI=1S/C11H14N2O2/c14-11(15)10-6-3-5-9(13-10)8-4-1-2-7-12-8/h3,5-6,8,12H,1-2,4,7H2,(H,14,15)/t8-/m0/s1. The Morgan fingerprint density at radius 2 is 2.33 bits per heavy atom. The third-order valence-electron chi connectivity index (χ3n) is 2.66. The van der Waals surface area contributed by atoms with Crippen molar-refractivity contribution in [2.45, 2.75) is 25.3 Å². The minimum absolute atomic E-state index is 0.125. The SMILES string of the molecule is O=C(O)c1cccc([C@@H]2CCCCN2)n1. The Hall–Kier alpha value is -1.42. The van der Waals surface area contributed by atoms with E-state index in [-0.39, 0.29) is 11.7 Å². The fourth-order valence-electron chi connectivity index (χ4n) is 1.87. The number of carboxylic acids is 1. The van der Waals surface area contributed by atoms with Gasteiger partial charge in [-0.25, -0.2) is 9.78 Å². The summed E-state index contributed by atoms with van der Waals surface area (Å²) in [6, 6.07) is 5.38. The molecule has 0 aliphatic carbocycles. The number of pyridine rings is 1. The molecule has 15 heavy (non-hydrogen) atoms. The molecule has 2 rings (SSSR count). The molecular weight excluding hydrogens is 192 g/mol. The fourth-order valence-corrected chi connectivity index (χ4v) is 1.87. The molecule has 1 aromatic rings. The fraction of sp³-hybridized carbons (Fsp3) is 0.455. The highest BCUT2D eigenvalue weighted by molar-refractivity contribution is 5.85. The maximum atomic E-state index is 10.8. The van der Waals surface area contributed by atoms with Gasteiger partial charge in [0.1, 0.15) is 5.69 Å².